The number of hydrogen-bond donors (Lipinski definition) is 2. The highest BCUT2D eigenvalue weighted by Gasteiger charge is 2.32. The third-order valence-corrected chi connectivity index (χ3v) is 8.99. The Labute approximate surface area is 293 Å². The zero-order valence-electron chi connectivity index (χ0n) is 27.7. The van der Waals surface area contributed by atoms with E-state index in [0.29, 0.717) is 23.0 Å². The fourth-order valence-corrected chi connectivity index (χ4v) is 6.03. The van der Waals surface area contributed by atoms with Crippen molar-refractivity contribution >= 4 is 62.6 Å². The maximum absolute atomic E-state index is 13.7. The van der Waals surface area contributed by atoms with Gasteiger partial charge < -0.3 is 19.5 Å². The second-order valence-corrected chi connectivity index (χ2v) is 13.3. The largest absolute Gasteiger partial charge is 0.452 e. The maximum atomic E-state index is 13.7. The van der Waals surface area contributed by atoms with Crippen LogP contribution in [0.5, 0.6) is 0 Å². The number of rotatable bonds is 11. The number of ether oxygens (including phenoxy) is 1. The molecule has 0 fully saturated rings. The lowest BCUT2D eigenvalue weighted by Crippen LogP contribution is -2.32. The fraction of sp³-hybridized carbons (Fsp3) is 0.108. The maximum Gasteiger partial charge on any atom is 0.338 e. The second kappa shape index (κ2) is 14.5. The highest BCUT2D eigenvalue weighted by molar-refractivity contribution is 7.92. The highest BCUT2D eigenvalue weighted by Crippen LogP contribution is 2.29. The van der Waals surface area contributed by atoms with Gasteiger partial charge in [0.1, 0.15) is 17.3 Å². The van der Waals surface area contributed by atoms with Gasteiger partial charge >= 0.3 is 5.97 Å². The summed E-state index contributed by atoms with van der Waals surface area (Å²) in [5, 5.41) is 6.17. The standard InChI is InChI=1S/C37H32N6O7S/c1-24-21-33(40-50-24)41-51(47,48)31-19-13-28(14-20-31)38-34(44)23-49-37(46)27-11-17-30(18-12-27)43-35(26-7-5-4-6-8-26)39-32(36(43)45)22-25-9-15-29(16-10-25)42(2)3/h4-22H,23H2,1-3H3,(H,38,44)(H,40,41)/b32-22-. The van der Waals surface area contributed by atoms with Gasteiger partial charge in [0, 0.05) is 37.1 Å². The third-order valence-electron chi connectivity index (χ3n) is 7.62. The van der Waals surface area contributed by atoms with Gasteiger partial charge in [0.15, 0.2) is 12.4 Å². The SMILES string of the molecule is Cc1cc(NS(=O)(=O)c2ccc(NC(=O)COC(=O)c3ccc(N4C(=O)/C(=C/c5ccc(N(C)C)cc5)N=C4c4ccccc4)cc3)cc2)no1. The fourth-order valence-electron chi connectivity index (χ4n) is 5.05. The average Bonchev–Trinajstić information content (AvgIpc) is 3.68. The Kier molecular flexibility index (Phi) is 9.77. The lowest BCUT2D eigenvalue weighted by molar-refractivity contribution is -0.119. The molecule has 2 heterocycles. The molecule has 0 bridgehead atoms. The molecule has 0 atom stereocenters. The summed E-state index contributed by atoms with van der Waals surface area (Å²) in [7, 11) is -0.0296. The molecule has 2 N–H and O–H groups in total. The Hall–Kier alpha value is -6.54. The number of amidine groups is 1. The number of nitrogens with one attached hydrogen (secondary N) is 2. The number of esters is 1. The number of benzene rings is 4. The molecule has 0 spiro atoms. The summed E-state index contributed by atoms with van der Waals surface area (Å²) in [4.78, 5) is 47.1. The third kappa shape index (κ3) is 8.03. The first-order valence-corrected chi connectivity index (χ1v) is 17.1. The topological polar surface area (TPSA) is 164 Å². The molecule has 1 aliphatic rings. The molecule has 1 aliphatic heterocycles. The molecule has 13 nitrogen and oxygen atoms in total. The van der Waals surface area contributed by atoms with Crippen LogP contribution in [0.25, 0.3) is 6.08 Å². The summed E-state index contributed by atoms with van der Waals surface area (Å²) in [5.74, 6) is -0.784. The minimum absolute atomic E-state index is 0.0424. The van der Waals surface area contributed by atoms with E-state index >= 15 is 0 Å². The van der Waals surface area contributed by atoms with E-state index in [2.05, 4.69) is 15.2 Å². The molecule has 0 radical (unpaired) electrons. The number of aliphatic imine (C=N–C) groups is 1. The lowest BCUT2D eigenvalue weighted by Gasteiger charge is -2.19. The molecule has 258 valence electrons. The monoisotopic (exact) mass is 704 g/mol. The molecule has 0 aliphatic carbocycles. The van der Waals surface area contributed by atoms with Crippen molar-refractivity contribution in [3.63, 3.8) is 0 Å². The number of carbonyl (C=O) groups excluding carboxylic acids is 3. The minimum atomic E-state index is -3.93. The van der Waals surface area contributed by atoms with E-state index in [1.165, 1.54) is 47.4 Å². The van der Waals surface area contributed by atoms with Gasteiger partial charge in [-0.05, 0) is 79.2 Å². The van der Waals surface area contributed by atoms with Crippen molar-refractivity contribution in [3.05, 3.63) is 137 Å². The van der Waals surface area contributed by atoms with Crippen LogP contribution < -0.4 is 19.8 Å². The molecule has 2 amide bonds. The first-order chi connectivity index (χ1) is 24.5. The van der Waals surface area contributed by atoms with Gasteiger partial charge in [0.25, 0.3) is 21.8 Å². The van der Waals surface area contributed by atoms with Crippen LogP contribution in [0.3, 0.4) is 0 Å². The zero-order valence-corrected chi connectivity index (χ0v) is 28.5. The molecule has 51 heavy (non-hydrogen) atoms. The highest BCUT2D eigenvalue weighted by atomic mass is 32.2. The molecule has 0 saturated carbocycles. The van der Waals surface area contributed by atoms with E-state index < -0.39 is 28.5 Å². The molecule has 6 rings (SSSR count). The van der Waals surface area contributed by atoms with E-state index in [0.717, 1.165) is 16.8 Å². The van der Waals surface area contributed by atoms with Crippen molar-refractivity contribution in [1.29, 1.82) is 0 Å². The van der Waals surface area contributed by atoms with Crippen LogP contribution >= 0.6 is 0 Å². The summed E-state index contributed by atoms with van der Waals surface area (Å²) in [6, 6.07) is 30.1. The smallest absolute Gasteiger partial charge is 0.338 e. The summed E-state index contributed by atoms with van der Waals surface area (Å²) < 4.78 is 37.6. The minimum Gasteiger partial charge on any atom is -0.452 e. The van der Waals surface area contributed by atoms with Gasteiger partial charge in [0.2, 0.25) is 0 Å². The van der Waals surface area contributed by atoms with Crippen molar-refractivity contribution in [2.24, 2.45) is 4.99 Å². The van der Waals surface area contributed by atoms with E-state index in [4.69, 9.17) is 14.3 Å². The van der Waals surface area contributed by atoms with Crippen LogP contribution in [-0.2, 0) is 24.3 Å². The van der Waals surface area contributed by atoms with Crippen LogP contribution in [-0.4, -0.2) is 57.9 Å². The Morgan fingerprint density at radius 3 is 2.24 bits per heavy atom. The number of nitrogens with zero attached hydrogens (tertiary/aromatic N) is 4. The molecule has 0 saturated heterocycles. The number of carbonyl (C=O) groups is 3. The molecule has 4 aromatic carbocycles. The van der Waals surface area contributed by atoms with Gasteiger partial charge in [-0.1, -0.05) is 47.6 Å². The van der Waals surface area contributed by atoms with Gasteiger partial charge in [-0.15, -0.1) is 0 Å². The first kappa shape index (κ1) is 34.3. The van der Waals surface area contributed by atoms with Crippen molar-refractivity contribution in [3.8, 4) is 0 Å². The predicted molar refractivity (Wildman–Crippen MR) is 193 cm³/mol. The van der Waals surface area contributed by atoms with E-state index in [9.17, 15) is 22.8 Å². The van der Waals surface area contributed by atoms with Gasteiger partial charge in [-0.3, -0.25) is 19.2 Å². The number of aryl methyl sites for hydroxylation is 1. The van der Waals surface area contributed by atoms with Crippen molar-refractivity contribution in [1.82, 2.24) is 5.16 Å². The lowest BCUT2D eigenvalue weighted by atomic mass is 10.1. The number of aromatic nitrogens is 1. The number of anilines is 4. The van der Waals surface area contributed by atoms with Crippen LogP contribution in [0.2, 0.25) is 0 Å². The normalized spacial score (nSPS) is 13.5. The quantitative estimate of drug-likeness (QED) is 0.134. The van der Waals surface area contributed by atoms with Crippen molar-refractivity contribution in [2.75, 3.05) is 40.5 Å². The van der Waals surface area contributed by atoms with Crippen molar-refractivity contribution in [2.45, 2.75) is 11.8 Å². The number of hydrogen-bond acceptors (Lipinski definition) is 10. The molecular weight excluding hydrogens is 673 g/mol. The summed E-state index contributed by atoms with van der Waals surface area (Å²) in [6.07, 6.45) is 1.73. The van der Waals surface area contributed by atoms with Gasteiger partial charge in [-0.2, -0.15) is 0 Å². The van der Waals surface area contributed by atoms with E-state index in [1.807, 2.05) is 73.6 Å². The Bertz CT molecular complexity index is 2250. The molecule has 1 aromatic heterocycles. The van der Waals surface area contributed by atoms with Crippen LogP contribution in [0.4, 0.5) is 22.9 Å². The molecular formula is C37H32N6O7S. The average molecular weight is 705 g/mol. The van der Waals surface area contributed by atoms with Crippen LogP contribution in [0.1, 0.15) is 27.2 Å². The van der Waals surface area contributed by atoms with Gasteiger partial charge in [-0.25, -0.2) is 18.2 Å². The number of sulfonamides is 1. The summed E-state index contributed by atoms with van der Waals surface area (Å²) in [5.41, 5.74) is 3.79. The Morgan fingerprint density at radius 2 is 1.61 bits per heavy atom. The number of amides is 2. The molecule has 14 heteroatoms. The predicted octanol–water partition coefficient (Wildman–Crippen LogP) is 5.48. The van der Waals surface area contributed by atoms with Crippen LogP contribution in [0, 0.1) is 6.92 Å². The van der Waals surface area contributed by atoms with Crippen molar-refractivity contribution < 1.29 is 32.1 Å². The summed E-state index contributed by atoms with van der Waals surface area (Å²) in [6.45, 7) is 1.04. The van der Waals surface area contributed by atoms with Crippen LogP contribution in [0.15, 0.2) is 129 Å². The first-order valence-electron chi connectivity index (χ1n) is 15.6. The van der Waals surface area contributed by atoms with E-state index in [1.54, 1.807) is 25.1 Å². The molecule has 0 unspecified atom stereocenters. The Morgan fingerprint density at radius 1 is 0.922 bits per heavy atom. The second-order valence-electron chi connectivity index (χ2n) is 11.6. The summed E-state index contributed by atoms with van der Waals surface area (Å²) >= 11 is 0. The van der Waals surface area contributed by atoms with Gasteiger partial charge in [0.05, 0.1) is 16.1 Å². The molecule has 5 aromatic rings. The zero-order chi connectivity index (χ0) is 36.1. The Balaban J connectivity index is 1.09. The van der Waals surface area contributed by atoms with E-state index in [-0.39, 0.29) is 27.9 Å².